The molecule has 0 aliphatic carbocycles. The Morgan fingerprint density at radius 2 is 1.93 bits per heavy atom. The average Bonchev–Trinajstić information content (AvgIpc) is 3.26. The second-order valence-electron chi connectivity index (χ2n) is 6.38. The molecule has 6 nitrogen and oxygen atoms in total. The number of hydrogen-bond donors (Lipinski definition) is 2. The van der Waals surface area contributed by atoms with E-state index in [1.54, 1.807) is 36.0 Å². The second kappa shape index (κ2) is 7.32. The maximum atomic E-state index is 14.6. The number of benzene rings is 2. The molecule has 0 bridgehead atoms. The standard InChI is InChI=1S/C20H18F2N6/c1-23-11-18-24-20(27-28(18)2)13-9-15-17(25-26-19(15)16(22)10-13)8-5-12-3-6-14(21)7-4-12/h3-10,23H,11H2,1-2H3,(H,25,26)/b8-5+. The van der Waals surface area contributed by atoms with E-state index in [1.165, 1.54) is 18.2 Å². The summed E-state index contributed by atoms with van der Waals surface area (Å²) in [5.74, 6) is 0.475. The normalized spacial score (nSPS) is 11.7. The molecule has 2 aromatic heterocycles. The van der Waals surface area contributed by atoms with Crippen LogP contribution in [0.3, 0.4) is 0 Å². The molecule has 8 heteroatoms. The molecule has 2 N–H and O–H groups in total. The van der Waals surface area contributed by atoms with Crippen molar-refractivity contribution >= 4 is 23.1 Å². The quantitative estimate of drug-likeness (QED) is 0.556. The van der Waals surface area contributed by atoms with Crippen LogP contribution in [0.2, 0.25) is 0 Å². The highest BCUT2D eigenvalue weighted by Crippen LogP contribution is 2.27. The van der Waals surface area contributed by atoms with E-state index in [-0.39, 0.29) is 5.82 Å². The third-order valence-corrected chi connectivity index (χ3v) is 4.40. The lowest BCUT2D eigenvalue weighted by molar-refractivity contribution is 0.627. The smallest absolute Gasteiger partial charge is 0.181 e. The van der Waals surface area contributed by atoms with Crippen molar-refractivity contribution in [3.05, 3.63) is 65.1 Å². The highest BCUT2D eigenvalue weighted by molar-refractivity contribution is 5.92. The van der Waals surface area contributed by atoms with Crippen molar-refractivity contribution in [2.45, 2.75) is 6.54 Å². The van der Waals surface area contributed by atoms with Gasteiger partial charge < -0.3 is 5.32 Å². The Hall–Kier alpha value is -3.39. The highest BCUT2D eigenvalue weighted by atomic mass is 19.1. The molecule has 0 atom stereocenters. The fourth-order valence-electron chi connectivity index (χ4n) is 2.95. The van der Waals surface area contributed by atoms with Crippen LogP contribution in [0, 0.1) is 11.6 Å². The number of H-pyrrole nitrogens is 1. The van der Waals surface area contributed by atoms with Crippen molar-refractivity contribution in [1.82, 2.24) is 30.3 Å². The van der Waals surface area contributed by atoms with Crippen LogP contribution in [-0.4, -0.2) is 32.0 Å². The summed E-state index contributed by atoms with van der Waals surface area (Å²) in [6.45, 7) is 0.561. The average molecular weight is 380 g/mol. The van der Waals surface area contributed by atoms with Crippen molar-refractivity contribution in [3.63, 3.8) is 0 Å². The molecule has 28 heavy (non-hydrogen) atoms. The van der Waals surface area contributed by atoms with Gasteiger partial charge in [-0.1, -0.05) is 18.2 Å². The fraction of sp³-hybridized carbons (Fsp3) is 0.150. The van der Waals surface area contributed by atoms with Crippen molar-refractivity contribution in [2.75, 3.05) is 7.05 Å². The van der Waals surface area contributed by atoms with Crippen LogP contribution in [0.25, 0.3) is 34.4 Å². The number of hydrogen-bond acceptors (Lipinski definition) is 4. The summed E-state index contributed by atoms with van der Waals surface area (Å²) in [6, 6.07) is 9.30. The zero-order chi connectivity index (χ0) is 19.7. The van der Waals surface area contributed by atoms with Gasteiger partial charge >= 0.3 is 0 Å². The summed E-state index contributed by atoms with van der Waals surface area (Å²) in [7, 11) is 3.62. The van der Waals surface area contributed by atoms with E-state index in [9.17, 15) is 8.78 Å². The molecular weight excluding hydrogens is 362 g/mol. The monoisotopic (exact) mass is 380 g/mol. The van der Waals surface area contributed by atoms with Gasteiger partial charge in [-0.05, 0) is 43.0 Å². The summed E-state index contributed by atoms with van der Waals surface area (Å²) < 4.78 is 29.3. The van der Waals surface area contributed by atoms with Crippen LogP contribution in [0.1, 0.15) is 17.1 Å². The van der Waals surface area contributed by atoms with E-state index in [4.69, 9.17) is 0 Å². The van der Waals surface area contributed by atoms with Gasteiger partial charge in [-0.2, -0.15) is 10.2 Å². The third-order valence-electron chi connectivity index (χ3n) is 4.40. The van der Waals surface area contributed by atoms with E-state index >= 15 is 0 Å². The molecule has 2 heterocycles. The van der Waals surface area contributed by atoms with Gasteiger partial charge in [-0.25, -0.2) is 13.8 Å². The van der Waals surface area contributed by atoms with E-state index in [0.29, 0.717) is 34.5 Å². The fourth-order valence-corrected chi connectivity index (χ4v) is 2.95. The summed E-state index contributed by atoms with van der Waals surface area (Å²) in [5, 5.41) is 14.9. The molecule has 0 radical (unpaired) electrons. The van der Waals surface area contributed by atoms with Gasteiger partial charge in [0.2, 0.25) is 0 Å². The van der Waals surface area contributed by atoms with Crippen molar-refractivity contribution < 1.29 is 8.78 Å². The summed E-state index contributed by atoms with van der Waals surface area (Å²) in [6.07, 6.45) is 3.55. The lowest BCUT2D eigenvalue weighted by Crippen LogP contribution is -2.10. The number of nitrogens with one attached hydrogen (secondary N) is 2. The Morgan fingerprint density at radius 1 is 1.14 bits per heavy atom. The van der Waals surface area contributed by atoms with Crippen molar-refractivity contribution in [1.29, 1.82) is 0 Å². The minimum atomic E-state index is -0.427. The van der Waals surface area contributed by atoms with Crippen molar-refractivity contribution in [3.8, 4) is 11.4 Å². The number of aromatic amines is 1. The molecule has 4 rings (SSSR count). The van der Waals surface area contributed by atoms with Gasteiger partial charge in [0.1, 0.15) is 23.0 Å². The maximum Gasteiger partial charge on any atom is 0.181 e. The number of rotatable bonds is 5. The predicted octanol–water partition coefficient (Wildman–Crippen LogP) is 3.53. The largest absolute Gasteiger partial charge is 0.313 e. The SMILES string of the molecule is CNCc1nc(-c2cc(F)c3[nH]nc(/C=C/c4ccc(F)cc4)c3c2)nn1C. The van der Waals surface area contributed by atoms with E-state index < -0.39 is 5.82 Å². The van der Waals surface area contributed by atoms with Crippen LogP contribution in [0.15, 0.2) is 36.4 Å². The Labute approximate surface area is 159 Å². The first kappa shape index (κ1) is 18.0. The lowest BCUT2D eigenvalue weighted by atomic mass is 10.1. The van der Waals surface area contributed by atoms with Gasteiger partial charge in [-0.15, -0.1) is 0 Å². The Kier molecular flexibility index (Phi) is 4.70. The molecule has 0 unspecified atom stereocenters. The molecule has 142 valence electrons. The topological polar surface area (TPSA) is 71.4 Å². The first-order valence-corrected chi connectivity index (χ1v) is 8.71. The second-order valence-corrected chi connectivity index (χ2v) is 6.38. The van der Waals surface area contributed by atoms with Gasteiger partial charge in [0.15, 0.2) is 5.82 Å². The maximum absolute atomic E-state index is 14.6. The van der Waals surface area contributed by atoms with Crippen molar-refractivity contribution in [2.24, 2.45) is 7.05 Å². The highest BCUT2D eigenvalue weighted by Gasteiger charge is 2.15. The zero-order valence-electron chi connectivity index (χ0n) is 15.4. The first-order chi connectivity index (χ1) is 13.5. The zero-order valence-corrected chi connectivity index (χ0v) is 15.4. The molecule has 0 saturated carbocycles. The van der Waals surface area contributed by atoms with Gasteiger partial charge in [-0.3, -0.25) is 9.78 Å². The molecule has 0 saturated heterocycles. The van der Waals surface area contributed by atoms with E-state index in [1.807, 2.05) is 13.1 Å². The number of fused-ring (bicyclic) bond motifs is 1. The molecule has 2 aromatic carbocycles. The number of halogens is 2. The minimum absolute atomic E-state index is 0.297. The van der Waals surface area contributed by atoms with Crippen LogP contribution >= 0.6 is 0 Å². The van der Waals surface area contributed by atoms with E-state index in [2.05, 4.69) is 25.6 Å². The Morgan fingerprint density at radius 3 is 2.68 bits per heavy atom. The van der Waals surface area contributed by atoms with Gasteiger partial charge in [0.05, 0.1) is 12.2 Å². The summed E-state index contributed by atoms with van der Waals surface area (Å²) in [5.41, 5.74) is 2.28. The van der Waals surface area contributed by atoms with Crippen LogP contribution < -0.4 is 5.32 Å². The van der Waals surface area contributed by atoms with Gasteiger partial charge in [0.25, 0.3) is 0 Å². The van der Waals surface area contributed by atoms with E-state index in [0.717, 1.165) is 11.4 Å². The van der Waals surface area contributed by atoms with Gasteiger partial charge in [0, 0.05) is 18.0 Å². The van der Waals surface area contributed by atoms with Crippen LogP contribution in [0.4, 0.5) is 8.78 Å². The molecule has 0 aliphatic heterocycles. The Bertz CT molecular complexity index is 1160. The molecule has 0 fully saturated rings. The molecular formula is C20H18F2N6. The molecule has 0 aliphatic rings. The Balaban J connectivity index is 1.74. The van der Waals surface area contributed by atoms with Crippen LogP contribution in [0.5, 0.6) is 0 Å². The summed E-state index contributed by atoms with van der Waals surface area (Å²) in [4.78, 5) is 4.47. The molecule has 0 spiro atoms. The predicted molar refractivity (Wildman–Crippen MR) is 104 cm³/mol. The minimum Gasteiger partial charge on any atom is -0.313 e. The third kappa shape index (κ3) is 3.41. The molecule has 4 aromatic rings. The number of aryl methyl sites for hydroxylation is 1. The number of nitrogens with zero attached hydrogens (tertiary/aromatic N) is 4. The number of aromatic nitrogens is 5. The summed E-state index contributed by atoms with van der Waals surface area (Å²) >= 11 is 0. The first-order valence-electron chi connectivity index (χ1n) is 8.71. The lowest BCUT2D eigenvalue weighted by Gasteiger charge is -1.99. The molecule has 0 amide bonds. The van der Waals surface area contributed by atoms with Crippen LogP contribution in [-0.2, 0) is 13.6 Å².